The third-order valence-corrected chi connectivity index (χ3v) is 3.83. The zero-order valence-electron chi connectivity index (χ0n) is 10.8. The Hall–Kier alpha value is -1.12. The fourth-order valence-corrected chi connectivity index (χ4v) is 3.00. The van der Waals surface area contributed by atoms with Crippen molar-refractivity contribution in [2.24, 2.45) is 5.73 Å². The Morgan fingerprint density at radius 3 is 2.50 bits per heavy atom. The molecular formula is C16H18BrN. The molecule has 1 nitrogen and oxygen atoms in total. The largest absolute Gasteiger partial charge is 0.321 e. The van der Waals surface area contributed by atoms with Crippen LogP contribution in [0.15, 0.2) is 53.0 Å². The van der Waals surface area contributed by atoms with E-state index in [-0.39, 0.29) is 5.54 Å². The summed E-state index contributed by atoms with van der Waals surface area (Å²) >= 11 is 3.58. The molecule has 0 saturated carbocycles. The number of hydrogen-bond acceptors (Lipinski definition) is 1. The second-order valence-electron chi connectivity index (χ2n) is 5.06. The van der Waals surface area contributed by atoms with Gasteiger partial charge >= 0.3 is 0 Å². The number of halogens is 1. The van der Waals surface area contributed by atoms with Crippen molar-refractivity contribution in [2.45, 2.75) is 25.8 Å². The van der Waals surface area contributed by atoms with Crippen LogP contribution in [0.1, 0.15) is 23.6 Å². The van der Waals surface area contributed by atoms with E-state index in [2.05, 4.69) is 60.1 Å². The molecular weight excluding hydrogens is 286 g/mol. The fraction of sp³-hybridized carbons (Fsp3) is 0.250. The molecule has 0 fully saturated rings. The molecule has 0 aliphatic carbocycles. The molecule has 0 aliphatic heterocycles. The number of hydrogen-bond donors (Lipinski definition) is 1. The van der Waals surface area contributed by atoms with Crippen molar-refractivity contribution >= 4 is 15.9 Å². The first kappa shape index (κ1) is 13.3. The van der Waals surface area contributed by atoms with E-state index in [1.54, 1.807) is 0 Å². The summed E-state index contributed by atoms with van der Waals surface area (Å²) in [5, 5.41) is 0. The van der Waals surface area contributed by atoms with Gasteiger partial charge in [0, 0.05) is 10.0 Å². The van der Waals surface area contributed by atoms with Gasteiger partial charge in [-0.1, -0.05) is 64.0 Å². The van der Waals surface area contributed by atoms with Crippen molar-refractivity contribution < 1.29 is 0 Å². The summed E-state index contributed by atoms with van der Waals surface area (Å²) < 4.78 is 1.07. The fourth-order valence-electron chi connectivity index (χ4n) is 2.27. The van der Waals surface area contributed by atoms with Crippen molar-refractivity contribution in [3.05, 3.63) is 69.7 Å². The smallest absolute Gasteiger partial charge is 0.0433 e. The standard InChI is InChI=1S/C16H18BrN/c1-12-6-5-7-13(10-12)11-16(2,18)14-8-3-4-9-15(14)17/h3-10H,11,18H2,1-2H3. The molecule has 0 amide bonds. The van der Waals surface area contributed by atoms with Crippen molar-refractivity contribution in [2.75, 3.05) is 0 Å². The lowest BCUT2D eigenvalue weighted by molar-refractivity contribution is 0.489. The van der Waals surface area contributed by atoms with Gasteiger partial charge in [-0.3, -0.25) is 0 Å². The van der Waals surface area contributed by atoms with Gasteiger partial charge in [0.05, 0.1) is 0 Å². The normalized spacial score (nSPS) is 14.2. The van der Waals surface area contributed by atoms with Crippen LogP contribution < -0.4 is 5.73 Å². The Balaban J connectivity index is 2.30. The Labute approximate surface area is 117 Å². The maximum atomic E-state index is 6.49. The number of benzene rings is 2. The summed E-state index contributed by atoms with van der Waals surface area (Å²) in [5.41, 5.74) is 9.82. The summed E-state index contributed by atoms with van der Waals surface area (Å²) in [5.74, 6) is 0. The summed E-state index contributed by atoms with van der Waals surface area (Å²) in [4.78, 5) is 0. The number of rotatable bonds is 3. The van der Waals surface area contributed by atoms with Crippen molar-refractivity contribution in [1.29, 1.82) is 0 Å². The van der Waals surface area contributed by atoms with E-state index in [0.717, 1.165) is 16.5 Å². The minimum Gasteiger partial charge on any atom is -0.321 e. The molecule has 2 heteroatoms. The van der Waals surface area contributed by atoms with Gasteiger partial charge < -0.3 is 5.73 Å². The average Bonchev–Trinajstić information content (AvgIpc) is 2.28. The highest BCUT2D eigenvalue weighted by molar-refractivity contribution is 9.10. The third-order valence-electron chi connectivity index (χ3n) is 3.14. The van der Waals surface area contributed by atoms with Gasteiger partial charge in [-0.15, -0.1) is 0 Å². The van der Waals surface area contributed by atoms with E-state index in [1.807, 2.05) is 18.2 Å². The summed E-state index contributed by atoms with van der Waals surface area (Å²) in [6, 6.07) is 16.7. The van der Waals surface area contributed by atoms with E-state index in [0.29, 0.717) is 0 Å². The molecule has 0 spiro atoms. The summed E-state index contributed by atoms with van der Waals surface area (Å²) in [6.45, 7) is 4.19. The predicted molar refractivity (Wildman–Crippen MR) is 80.6 cm³/mol. The third kappa shape index (κ3) is 3.01. The Morgan fingerprint density at radius 1 is 1.11 bits per heavy atom. The first-order valence-corrected chi connectivity index (χ1v) is 6.88. The highest BCUT2D eigenvalue weighted by atomic mass is 79.9. The highest BCUT2D eigenvalue weighted by Gasteiger charge is 2.23. The molecule has 1 atom stereocenters. The van der Waals surface area contributed by atoms with E-state index in [1.165, 1.54) is 11.1 Å². The van der Waals surface area contributed by atoms with Crippen molar-refractivity contribution in [3.8, 4) is 0 Å². The maximum absolute atomic E-state index is 6.49. The maximum Gasteiger partial charge on any atom is 0.0433 e. The van der Waals surface area contributed by atoms with Gasteiger partial charge in [0.25, 0.3) is 0 Å². The van der Waals surface area contributed by atoms with Crippen LogP contribution in [0.25, 0.3) is 0 Å². The molecule has 0 radical (unpaired) electrons. The summed E-state index contributed by atoms with van der Waals surface area (Å²) in [6.07, 6.45) is 0.831. The van der Waals surface area contributed by atoms with Gasteiger partial charge in [0.2, 0.25) is 0 Å². The second-order valence-corrected chi connectivity index (χ2v) is 5.92. The molecule has 2 aromatic rings. The van der Waals surface area contributed by atoms with Crippen LogP contribution in [-0.2, 0) is 12.0 Å². The zero-order valence-corrected chi connectivity index (χ0v) is 12.4. The number of nitrogens with two attached hydrogens (primary N) is 1. The van der Waals surface area contributed by atoms with Crippen LogP contribution in [-0.4, -0.2) is 0 Å². The molecule has 2 rings (SSSR count). The molecule has 0 saturated heterocycles. The summed E-state index contributed by atoms with van der Waals surface area (Å²) in [7, 11) is 0. The van der Waals surface area contributed by atoms with Crippen LogP contribution in [0, 0.1) is 6.92 Å². The first-order chi connectivity index (χ1) is 8.49. The van der Waals surface area contributed by atoms with Crippen LogP contribution in [0.5, 0.6) is 0 Å². The lowest BCUT2D eigenvalue weighted by Crippen LogP contribution is -2.35. The first-order valence-electron chi connectivity index (χ1n) is 6.08. The Morgan fingerprint density at radius 2 is 1.83 bits per heavy atom. The molecule has 94 valence electrons. The zero-order chi connectivity index (χ0) is 13.2. The van der Waals surface area contributed by atoms with Gasteiger partial charge in [-0.2, -0.15) is 0 Å². The van der Waals surface area contributed by atoms with Crippen molar-refractivity contribution in [1.82, 2.24) is 0 Å². The molecule has 2 N–H and O–H groups in total. The SMILES string of the molecule is Cc1cccc(CC(C)(N)c2ccccc2Br)c1. The van der Waals surface area contributed by atoms with Gasteiger partial charge in [0.15, 0.2) is 0 Å². The Bertz CT molecular complexity index is 546. The van der Waals surface area contributed by atoms with Crippen LogP contribution in [0.2, 0.25) is 0 Å². The number of aryl methyl sites for hydroxylation is 1. The molecule has 0 bridgehead atoms. The second kappa shape index (κ2) is 5.25. The van der Waals surface area contributed by atoms with Gasteiger partial charge in [-0.25, -0.2) is 0 Å². The van der Waals surface area contributed by atoms with Crippen LogP contribution in [0.3, 0.4) is 0 Å². The lowest BCUT2D eigenvalue weighted by atomic mass is 9.86. The van der Waals surface area contributed by atoms with Crippen LogP contribution >= 0.6 is 15.9 Å². The molecule has 18 heavy (non-hydrogen) atoms. The lowest BCUT2D eigenvalue weighted by Gasteiger charge is -2.26. The van der Waals surface area contributed by atoms with E-state index >= 15 is 0 Å². The predicted octanol–water partition coefficient (Wildman–Crippen LogP) is 4.17. The van der Waals surface area contributed by atoms with Crippen LogP contribution in [0.4, 0.5) is 0 Å². The van der Waals surface area contributed by atoms with Gasteiger partial charge in [0.1, 0.15) is 0 Å². The van der Waals surface area contributed by atoms with Gasteiger partial charge in [-0.05, 0) is 37.5 Å². The van der Waals surface area contributed by atoms with Crippen molar-refractivity contribution in [3.63, 3.8) is 0 Å². The Kier molecular flexibility index (Phi) is 3.88. The minimum absolute atomic E-state index is 0.367. The highest BCUT2D eigenvalue weighted by Crippen LogP contribution is 2.29. The molecule has 0 aromatic heterocycles. The van der Waals surface area contributed by atoms with E-state index in [4.69, 9.17) is 5.73 Å². The molecule has 0 aliphatic rings. The quantitative estimate of drug-likeness (QED) is 0.904. The monoisotopic (exact) mass is 303 g/mol. The van der Waals surface area contributed by atoms with E-state index < -0.39 is 0 Å². The average molecular weight is 304 g/mol. The van der Waals surface area contributed by atoms with E-state index in [9.17, 15) is 0 Å². The molecule has 2 aromatic carbocycles. The minimum atomic E-state index is -0.367. The topological polar surface area (TPSA) is 26.0 Å². The molecule has 0 heterocycles. The molecule has 1 unspecified atom stereocenters.